The van der Waals surface area contributed by atoms with E-state index in [0.717, 1.165) is 19.7 Å². The predicted molar refractivity (Wildman–Crippen MR) is 76.2 cm³/mol. The summed E-state index contributed by atoms with van der Waals surface area (Å²) in [4.78, 5) is 4.93. The van der Waals surface area contributed by atoms with E-state index >= 15 is 0 Å². The van der Waals surface area contributed by atoms with Crippen LogP contribution in [0.5, 0.6) is 0 Å². The molecule has 0 saturated carbocycles. The van der Waals surface area contributed by atoms with Gasteiger partial charge < -0.3 is 9.64 Å². The number of likely N-dealkylation sites (N-methyl/N-ethyl adjacent to an activating group) is 1. The van der Waals surface area contributed by atoms with Crippen LogP contribution in [0.4, 0.5) is 5.69 Å². The van der Waals surface area contributed by atoms with Gasteiger partial charge in [-0.05, 0) is 32.0 Å². The molecule has 1 heterocycles. The average Bonchev–Trinajstić information content (AvgIpc) is 2.46. The van der Waals surface area contributed by atoms with Crippen LogP contribution in [0.1, 0.15) is 12.8 Å². The highest BCUT2D eigenvalue weighted by Crippen LogP contribution is 2.21. The van der Waals surface area contributed by atoms with Crippen molar-refractivity contribution in [3.05, 3.63) is 30.3 Å². The fourth-order valence-corrected chi connectivity index (χ4v) is 2.61. The molecule has 0 amide bonds. The van der Waals surface area contributed by atoms with Gasteiger partial charge in [0.1, 0.15) is 0 Å². The van der Waals surface area contributed by atoms with Crippen molar-refractivity contribution in [3.8, 4) is 0 Å². The van der Waals surface area contributed by atoms with E-state index < -0.39 is 0 Å². The zero-order valence-corrected chi connectivity index (χ0v) is 11.5. The quantitative estimate of drug-likeness (QED) is 0.795. The molecule has 1 aliphatic heterocycles. The lowest BCUT2D eigenvalue weighted by molar-refractivity contribution is 0.132. The maximum atomic E-state index is 5.16. The zero-order chi connectivity index (χ0) is 12.8. The van der Waals surface area contributed by atoms with Gasteiger partial charge in [-0.1, -0.05) is 18.2 Å². The van der Waals surface area contributed by atoms with E-state index in [-0.39, 0.29) is 0 Å². The van der Waals surface area contributed by atoms with E-state index in [9.17, 15) is 0 Å². The first-order valence-electron chi connectivity index (χ1n) is 6.80. The first-order chi connectivity index (χ1) is 8.81. The summed E-state index contributed by atoms with van der Waals surface area (Å²) < 4.78 is 5.16. The Morgan fingerprint density at radius 3 is 2.83 bits per heavy atom. The number of anilines is 1. The summed E-state index contributed by atoms with van der Waals surface area (Å²) in [7, 11) is 3.98. The highest BCUT2D eigenvalue weighted by atomic mass is 16.5. The van der Waals surface area contributed by atoms with Crippen molar-refractivity contribution >= 4 is 5.69 Å². The second kappa shape index (κ2) is 6.76. The minimum absolute atomic E-state index is 0.647. The van der Waals surface area contributed by atoms with Crippen LogP contribution in [0.3, 0.4) is 0 Å². The van der Waals surface area contributed by atoms with E-state index in [4.69, 9.17) is 4.74 Å². The van der Waals surface area contributed by atoms with E-state index in [1.165, 1.54) is 25.1 Å². The second-order valence-electron chi connectivity index (χ2n) is 5.05. The average molecular weight is 248 g/mol. The Labute approximate surface area is 110 Å². The Morgan fingerprint density at radius 2 is 2.11 bits per heavy atom. The van der Waals surface area contributed by atoms with Crippen LogP contribution in [-0.4, -0.2) is 51.3 Å². The molecular formula is C15H24N2O. The number of hydrogen-bond donors (Lipinski definition) is 0. The number of hydrogen-bond acceptors (Lipinski definition) is 3. The van der Waals surface area contributed by atoms with Gasteiger partial charge in [0.2, 0.25) is 0 Å². The van der Waals surface area contributed by atoms with E-state index in [1.54, 1.807) is 7.11 Å². The number of methoxy groups -OCH3 is 1. The van der Waals surface area contributed by atoms with Gasteiger partial charge in [0.25, 0.3) is 0 Å². The SMILES string of the molecule is COCCN(C)[C@H]1CCCN(c2ccccc2)C1. The molecule has 1 atom stereocenters. The monoisotopic (exact) mass is 248 g/mol. The minimum Gasteiger partial charge on any atom is -0.383 e. The van der Waals surface area contributed by atoms with Crippen molar-refractivity contribution < 1.29 is 4.74 Å². The summed E-state index contributed by atoms with van der Waals surface area (Å²) >= 11 is 0. The molecule has 1 aromatic carbocycles. The lowest BCUT2D eigenvalue weighted by Gasteiger charge is -2.38. The molecule has 2 rings (SSSR count). The van der Waals surface area contributed by atoms with E-state index in [0.29, 0.717) is 6.04 Å². The molecule has 1 aromatic rings. The maximum Gasteiger partial charge on any atom is 0.0589 e. The molecular weight excluding hydrogens is 224 g/mol. The summed E-state index contributed by atoms with van der Waals surface area (Å²) in [6, 6.07) is 11.4. The molecule has 100 valence electrons. The molecule has 0 aromatic heterocycles. The topological polar surface area (TPSA) is 15.7 Å². The smallest absolute Gasteiger partial charge is 0.0589 e. The van der Waals surface area contributed by atoms with Gasteiger partial charge in [-0.25, -0.2) is 0 Å². The second-order valence-corrected chi connectivity index (χ2v) is 5.05. The molecule has 1 saturated heterocycles. The number of piperidine rings is 1. The van der Waals surface area contributed by atoms with Gasteiger partial charge in [0, 0.05) is 38.5 Å². The molecule has 0 N–H and O–H groups in total. The van der Waals surface area contributed by atoms with Crippen LogP contribution in [0.2, 0.25) is 0 Å². The Hall–Kier alpha value is -1.06. The Bertz CT molecular complexity index is 342. The highest BCUT2D eigenvalue weighted by molar-refractivity contribution is 5.46. The Morgan fingerprint density at radius 1 is 1.33 bits per heavy atom. The predicted octanol–water partition coefficient (Wildman–Crippen LogP) is 2.23. The van der Waals surface area contributed by atoms with Gasteiger partial charge in [0.05, 0.1) is 6.61 Å². The van der Waals surface area contributed by atoms with Gasteiger partial charge in [-0.3, -0.25) is 4.90 Å². The fourth-order valence-electron chi connectivity index (χ4n) is 2.61. The molecule has 1 fully saturated rings. The van der Waals surface area contributed by atoms with E-state index in [1.807, 2.05) is 0 Å². The Kier molecular flexibility index (Phi) is 5.02. The summed E-state index contributed by atoms with van der Waals surface area (Å²) in [5.41, 5.74) is 1.35. The standard InChI is InChI=1S/C15H24N2O/c1-16(11-12-18-2)15-9-6-10-17(13-15)14-7-4-3-5-8-14/h3-5,7-8,15H,6,9-13H2,1-2H3/t15-/m0/s1. The third-order valence-electron chi connectivity index (χ3n) is 3.79. The third kappa shape index (κ3) is 3.47. The van der Waals surface area contributed by atoms with Gasteiger partial charge in [-0.2, -0.15) is 0 Å². The summed E-state index contributed by atoms with van der Waals surface area (Å²) in [6.07, 6.45) is 2.57. The van der Waals surface area contributed by atoms with Crippen molar-refractivity contribution in [2.24, 2.45) is 0 Å². The van der Waals surface area contributed by atoms with Crippen LogP contribution < -0.4 is 4.90 Å². The van der Waals surface area contributed by atoms with Crippen molar-refractivity contribution in [2.45, 2.75) is 18.9 Å². The molecule has 1 aliphatic rings. The number of para-hydroxylation sites is 1. The normalized spacial score (nSPS) is 20.4. The summed E-state index contributed by atoms with van der Waals surface area (Å²) in [6.45, 7) is 4.14. The third-order valence-corrected chi connectivity index (χ3v) is 3.79. The highest BCUT2D eigenvalue weighted by Gasteiger charge is 2.22. The molecule has 0 radical (unpaired) electrons. The van der Waals surface area contributed by atoms with Crippen molar-refractivity contribution in [1.82, 2.24) is 4.90 Å². The number of nitrogens with zero attached hydrogens (tertiary/aromatic N) is 2. The lowest BCUT2D eigenvalue weighted by atomic mass is 10.0. The van der Waals surface area contributed by atoms with Crippen LogP contribution in [-0.2, 0) is 4.74 Å². The maximum absolute atomic E-state index is 5.16. The molecule has 0 spiro atoms. The van der Waals surface area contributed by atoms with E-state index in [2.05, 4.69) is 47.2 Å². The molecule has 0 unspecified atom stereocenters. The minimum atomic E-state index is 0.647. The first-order valence-corrected chi connectivity index (χ1v) is 6.80. The number of rotatable bonds is 5. The van der Waals surface area contributed by atoms with Gasteiger partial charge in [-0.15, -0.1) is 0 Å². The summed E-state index contributed by atoms with van der Waals surface area (Å²) in [5, 5.41) is 0. The number of ether oxygens (including phenoxy) is 1. The van der Waals surface area contributed by atoms with Crippen molar-refractivity contribution in [1.29, 1.82) is 0 Å². The van der Waals surface area contributed by atoms with Crippen molar-refractivity contribution in [2.75, 3.05) is 45.3 Å². The molecule has 0 aliphatic carbocycles. The first kappa shape index (κ1) is 13.4. The lowest BCUT2D eigenvalue weighted by Crippen LogP contribution is -2.47. The molecule has 3 nitrogen and oxygen atoms in total. The van der Waals surface area contributed by atoms with Crippen molar-refractivity contribution in [3.63, 3.8) is 0 Å². The van der Waals surface area contributed by atoms with Crippen LogP contribution in [0.25, 0.3) is 0 Å². The molecule has 18 heavy (non-hydrogen) atoms. The molecule has 0 bridgehead atoms. The zero-order valence-electron chi connectivity index (χ0n) is 11.5. The van der Waals surface area contributed by atoms with Crippen LogP contribution in [0.15, 0.2) is 30.3 Å². The van der Waals surface area contributed by atoms with Crippen LogP contribution in [0, 0.1) is 0 Å². The number of benzene rings is 1. The van der Waals surface area contributed by atoms with Gasteiger partial charge >= 0.3 is 0 Å². The summed E-state index contributed by atoms with van der Waals surface area (Å²) in [5.74, 6) is 0. The van der Waals surface area contributed by atoms with Gasteiger partial charge in [0.15, 0.2) is 0 Å². The largest absolute Gasteiger partial charge is 0.383 e. The Balaban J connectivity index is 1.92. The van der Waals surface area contributed by atoms with Crippen LogP contribution >= 0.6 is 0 Å². The fraction of sp³-hybridized carbons (Fsp3) is 0.600. The molecule has 3 heteroatoms.